The van der Waals surface area contributed by atoms with Crippen LogP contribution in [0.25, 0.3) is 10.9 Å². The molecule has 1 unspecified atom stereocenters. The van der Waals surface area contributed by atoms with Crippen LogP contribution in [0.15, 0.2) is 36.8 Å². The maximum absolute atomic E-state index is 13.2. The van der Waals surface area contributed by atoms with E-state index in [1.54, 1.807) is 6.33 Å². The largest absolute Gasteiger partial charge is 0.375 e. The van der Waals surface area contributed by atoms with Gasteiger partial charge in [0.1, 0.15) is 18.8 Å². The zero-order chi connectivity index (χ0) is 20.9. The summed E-state index contributed by atoms with van der Waals surface area (Å²) in [4.78, 5) is 32.6. The molecule has 156 valence electrons. The topological polar surface area (TPSA) is 96.3 Å². The highest BCUT2D eigenvalue weighted by molar-refractivity contribution is 6.06. The number of nitrogens with zero attached hydrogens (tertiary/aromatic N) is 5. The van der Waals surface area contributed by atoms with Crippen LogP contribution in [0.3, 0.4) is 0 Å². The summed E-state index contributed by atoms with van der Waals surface area (Å²) < 4.78 is 6.95. The predicted octanol–water partition coefficient (Wildman–Crippen LogP) is 1.01. The van der Waals surface area contributed by atoms with Crippen LogP contribution in [0.4, 0.5) is 0 Å². The molecule has 2 aromatic heterocycles. The van der Waals surface area contributed by atoms with Gasteiger partial charge in [0.15, 0.2) is 0 Å². The molecule has 2 amide bonds. The number of aryl methyl sites for hydroxylation is 1. The standard InChI is InChI=1S/C21H24N6O3/c1-25-13-23-24-19(25)16-8-26(18(28)9-30-2)10-21(16)11-27(12-21)20(29)15-4-3-5-17-14(15)6-7-22-17/h3-7,13,16,22H,8-12H2,1-2H3. The monoisotopic (exact) mass is 408 g/mol. The molecule has 4 heterocycles. The van der Waals surface area contributed by atoms with Gasteiger partial charge in [0, 0.05) is 74.3 Å². The van der Waals surface area contributed by atoms with Crippen molar-refractivity contribution in [3.8, 4) is 0 Å². The van der Waals surface area contributed by atoms with Crippen molar-refractivity contribution in [3.63, 3.8) is 0 Å². The van der Waals surface area contributed by atoms with Crippen LogP contribution in [0.2, 0.25) is 0 Å². The molecule has 2 saturated heterocycles. The average Bonchev–Trinajstić information content (AvgIpc) is 3.43. The van der Waals surface area contributed by atoms with Crippen molar-refractivity contribution in [2.24, 2.45) is 12.5 Å². The maximum Gasteiger partial charge on any atom is 0.254 e. The van der Waals surface area contributed by atoms with Gasteiger partial charge in [0.05, 0.1) is 0 Å². The summed E-state index contributed by atoms with van der Waals surface area (Å²) in [6.07, 6.45) is 3.52. The maximum atomic E-state index is 13.2. The Balaban J connectivity index is 1.41. The Morgan fingerprint density at radius 2 is 2.03 bits per heavy atom. The third kappa shape index (κ3) is 2.80. The molecule has 1 aromatic carbocycles. The Kier molecular flexibility index (Phi) is 4.35. The average molecular weight is 408 g/mol. The smallest absolute Gasteiger partial charge is 0.254 e. The second-order valence-corrected chi connectivity index (χ2v) is 8.33. The van der Waals surface area contributed by atoms with E-state index in [9.17, 15) is 9.59 Å². The molecule has 2 fully saturated rings. The number of carbonyl (C=O) groups is 2. The van der Waals surface area contributed by atoms with Crippen molar-refractivity contribution >= 4 is 22.7 Å². The summed E-state index contributed by atoms with van der Waals surface area (Å²) in [7, 11) is 3.44. The van der Waals surface area contributed by atoms with Gasteiger partial charge in [-0.2, -0.15) is 0 Å². The molecular weight excluding hydrogens is 384 g/mol. The molecule has 0 radical (unpaired) electrons. The van der Waals surface area contributed by atoms with E-state index >= 15 is 0 Å². The number of H-pyrrole nitrogens is 1. The quantitative estimate of drug-likeness (QED) is 0.695. The number of amides is 2. The number of rotatable bonds is 4. The highest BCUT2D eigenvalue weighted by atomic mass is 16.5. The highest BCUT2D eigenvalue weighted by Crippen LogP contribution is 2.49. The molecule has 0 saturated carbocycles. The van der Waals surface area contributed by atoms with Crippen LogP contribution < -0.4 is 0 Å². The normalized spacial score (nSPS) is 20.1. The third-order valence-electron chi connectivity index (χ3n) is 6.45. The Labute approximate surface area is 173 Å². The number of aromatic amines is 1. The molecule has 0 aliphatic carbocycles. The number of fused-ring (bicyclic) bond motifs is 1. The lowest BCUT2D eigenvalue weighted by Gasteiger charge is -2.50. The number of likely N-dealkylation sites (tertiary alicyclic amines) is 2. The fourth-order valence-corrected chi connectivity index (χ4v) is 4.96. The lowest BCUT2D eigenvalue weighted by atomic mass is 9.71. The van der Waals surface area contributed by atoms with Gasteiger partial charge < -0.3 is 24.1 Å². The molecule has 9 heteroatoms. The molecule has 2 aliphatic rings. The van der Waals surface area contributed by atoms with Crippen molar-refractivity contribution in [3.05, 3.63) is 48.2 Å². The molecule has 30 heavy (non-hydrogen) atoms. The van der Waals surface area contributed by atoms with E-state index in [0.717, 1.165) is 16.7 Å². The molecule has 2 aliphatic heterocycles. The van der Waals surface area contributed by atoms with E-state index < -0.39 is 0 Å². The molecule has 1 spiro atoms. The number of benzene rings is 1. The fourth-order valence-electron chi connectivity index (χ4n) is 4.96. The second-order valence-electron chi connectivity index (χ2n) is 8.33. The van der Waals surface area contributed by atoms with Gasteiger partial charge in [-0.05, 0) is 18.2 Å². The first kappa shape index (κ1) is 18.8. The van der Waals surface area contributed by atoms with Gasteiger partial charge in [0.2, 0.25) is 5.91 Å². The van der Waals surface area contributed by atoms with Gasteiger partial charge in [-0.15, -0.1) is 10.2 Å². The zero-order valence-electron chi connectivity index (χ0n) is 17.0. The molecule has 9 nitrogen and oxygen atoms in total. The van der Waals surface area contributed by atoms with Gasteiger partial charge in [0.25, 0.3) is 5.91 Å². The summed E-state index contributed by atoms with van der Waals surface area (Å²) >= 11 is 0. The predicted molar refractivity (Wildman–Crippen MR) is 109 cm³/mol. The SMILES string of the molecule is COCC(=O)N1CC(c2nncn2C)C2(C1)CN(C(=O)c1cccc3[nH]ccc13)C2. The summed E-state index contributed by atoms with van der Waals surface area (Å²) in [6.45, 7) is 2.37. The van der Waals surface area contributed by atoms with Gasteiger partial charge in [-0.25, -0.2) is 0 Å². The van der Waals surface area contributed by atoms with Crippen molar-refractivity contribution in [2.45, 2.75) is 5.92 Å². The summed E-state index contributed by atoms with van der Waals surface area (Å²) in [5, 5.41) is 9.27. The van der Waals surface area contributed by atoms with Crippen LogP contribution in [-0.2, 0) is 16.6 Å². The molecular formula is C21H24N6O3. The number of ether oxygens (including phenoxy) is 1. The molecule has 5 rings (SSSR count). The minimum absolute atomic E-state index is 0.0178. The second kappa shape index (κ2) is 6.94. The molecule has 1 N–H and O–H groups in total. The highest BCUT2D eigenvalue weighted by Gasteiger charge is 2.58. The minimum atomic E-state index is -0.216. The molecule has 3 aromatic rings. The summed E-state index contributed by atoms with van der Waals surface area (Å²) in [5.41, 5.74) is 1.43. The zero-order valence-corrected chi connectivity index (χ0v) is 17.0. The first-order chi connectivity index (χ1) is 14.5. The Hall–Kier alpha value is -3.20. The van der Waals surface area contributed by atoms with Crippen LogP contribution in [-0.4, -0.2) is 81.3 Å². The molecule has 1 atom stereocenters. The first-order valence-corrected chi connectivity index (χ1v) is 9.98. The van der Waals surface area contributed by atoms with Crippen LogP contribution in [0, 0.1) is 5.41 Å². The Morgan fingerprint density at radius 1 is 1.23 bits per heavy atom. The van der Waals surface area contributed by atoms with Crippen LogP contribution >= 0.6 is 0 Å². The number of aromatic nitrogens is 4. The van der Waals surface area contributed by atoms with E-state index in [1.165, 1.54) is 7.11 Å². The van der Waals surface area contributed by atoms with E-state index in [-0.39, 0.29) is 29.8 Å². The summed E-state index contributed by atoms with van der Waals surface area (Å²) in [5.74, 6) is 0.855. The van der Waals surface area contributed by atoms with E-state index in [0.29, 0.717) is 31.7 Å². The Bertz CT molecular complexity index is 1110. The number of methoxy groups -OCH3 is 1. The van der Waals surface area contributed by atoms with E-state index in [4.69, 9.17) is 4.74 Å². The van der Waals surface area contributed by atoms with E-state index in [1.807, 2.05) is 51.9 Å². The first-order valence-electron chi connectivity index (χ1n) is 9.98. The van der Waals surface area contributed by atoms with Crippen LogP contribution in [0.5, 0.6) is 0 Å². The van der Waals surface area contributed by atoms with Gasteiger partial charge in [-0.1, -0.05) is 6.07 Å². The summed E-state index contributed by atoms with van der Waals surface area (Å²) in [6, 6.07) is 7.66. The van der Waals surface area contributed by atoms with Gasteiger partial charge in [-0.3, -0.25) is 9.59 Å². The molecule has 0 bridgehead atoms. The lowest BCUT2D eigenvalue weighted by molar-refractivity contribution is -0.134. The van der Waals surface area contributed by atoms with Crippen molar-refractivity contribution in [2.75, 3.05) is 39.9 Å². The minimum Gasteiger partial charge on any atom is -0.375 e. The van der Waals surface area contributed by atoms with Gasteiger partial charge >= 0.3 is 0 Å². The lowest BCUT2D eigenvalue weighted by Crippen LogP contribution is -2.61. The number of nitrogens with one attached hydrogen (secondary N) is 1. The van der Waals surface area contributed by atoms with Crippen molar-refractivity contribution in [1.29, 1.82) is 0 Å². The number of carbonyl (C=O) groups excluding carboxylic acids is 2. The van der Waals surface area contributed by atoms with Crippen molar-refractivity contribution < 1.29 is 14.3 Å². The third-order valence-corrected chi connectivity index (χ3v) is 6.45. The van der Waals surface area contributed by atoms with Crippen LogP contribution in [0.1, 0.15) is 22.1 Å². The fraction of sp³-hybridized carbons (Fsp3) is 0.429. The van der Waals surface area contributed by atoms with E-state index in [2.05, 4.69) is 15.2 Å². The Morgan fingerprint density at radius 3 is 2.77 bits per heavy atom. The van der Waals surface area contributed by atoms with Crippen molar-refractivity contribution in [1.82, 2.24) is 29.5 Å². The number of hydrogen-bond donors (Lipinski definition) is 1. The number of hydrogen-bond acceptors (Lipinski definition) is 5.